The van der Waals surface area contributed by atoms with Gasteiger partial charge < -0.3 is 5.73 Å². The van der Waals surface area contributed by atoms with Crippen LogP contribution in [0.15, 0.2) is 33.6 Å². The van der Waals surface area contributed by atoms with Gasteiger partial charge in [0.15, 0.2) is 5.78 Å². The fourth-order valence-corrected chi connectivity index (χ4v) is 7.96. The molecule has 4 saturated carbocycles. The van der Waals surface area contributed by atoms with Crippen LogP contribution in [-0.4, -0.2) is 25.6 Å². The highest BCUT2D eigenvalue weighted by Crippen LogP contribution is 2.62. The number of hydrogen-bond donors (Lipinski definition) is 2. The number of carbonyl (C=O) groups excluding carboxylic acids is 2. The third-order valence-electron chi connectivity index (χ3n) is 7.62. The third kappa shape index (κ3) is 3.86. The van der Waals surface area contributed by atoms with Crippen LogP contribution in [0.1, 0.15) is 52.4 Å². The molecule has 2 unspecified atom stereocenters. The molecule has 1 amide bonds. The molecule has 3 N–H and O–H groups in total. The van der Waals surface area contributed by atoms with Crippen molar-refractivity contribution in [1.82, 2.24) is 4.72 Å². The number of sulfonamides is 1. The van der Waals surface area contributed by atoms with Crippen molar-refractivity contribution in [2.75, 3.05) is 0 Å². The van der Waals surface area contributed by atoms with E-state index in [4.69, 9.17) is 5.73 Å². The van der Waals surface area contributed by atoms with Gasteiger partial charge in [-0.05, 0) is 93.9 Å². The Balaban J connectivity index is 1.47. The van der Waals surface area contributed by atoms with E-state index < -0.39 is 15.6 Å². The number of nitrogens with one attached hydrogen (secondary N) is 1. The van der Waals surface area contributed by atoms with Crippen LogP contribution in [0.25, 0.3) is 0 Å². The van der Waals surface area contributed by atoms with Crippen molar-refractivity contribution in [2.24, 2.45) is 34.8 Å². The summed E-state index contributed by atoms with van der Waals surface area (Å²) in [5, 5.41) is 0. The van der Waals surface area contributed by atoms with Crippen molar-refractivity contribution in [1.29, 1.82) is 0 Å². The molecule has 1 aromatic rings. The molecule has 1 aromatic carbocycles. The minimum absolute atomic E-state index is 0.103. The number of primary amides is 1. The summed E-state index contributed by atoms with van der Waals surface area (Å²) in [5.41, 5.74) is 4.17. The number of Topliss-reactive ketones (excluding diaryl/α,β-unsaturated/α-hetero) is 1. The van der Waals surface area contributed by atoms with Crippen molar-refractivity contribution in [2.45, 2.75) is 62.8 Å². The maximum atomic E-state index is 13.2. The van der Waals surface area contributed by atoms with E-state index in [1.54, 1.807) is 26.0 Å². The summed E-state index contributed by atoms with van der Waals surface area (Å²) < 4.78 is 29.0. The van der Waals surface area contributed by atoms with Crippen LogP contribution < -0.4 is 10.5 Å². The van der Waals surface area contributed by atoms with Crippen molar-refractivity contribution in [3.05, 3.63) is 28.7 Å². The van der Waals surface area contributed by atoms with E-state index in [2.05, 4.69) is 20.7 Å². The zero-order valence-electron chi connectivity index (χ0n) is 17.4. The second kappa shape index (κ2) is 7.41. The molecule has 0 saturated heterocycles. The van der Waals surface area contributed by atoms with Gasteiger partial charge in [-0.15, -0.1) is 0 Å². The van der Waals surface area contributed by atoms with Crippen LogP contribution >= 0.6 is 15.9 Å². The first kappa shape index (κ1) is 22.0. The van der Waals surface area contributed by atoms with E-state index in [0.717, 1.165) is 36.6 Å². The van der Waals surface area contributed by atoms with Gasteiger partial charge in [-0.2, -0.15) is 4.72 Å². The van der Waals surface area contributed by atoms with Gasteiger partial charge in [-0.3, -0.25) is 9.59 Å². The summed E-state index contributed by atoms with van der Waals surface area (Å²) in [4.78, 5) is 25.5. The van der Waals surface area contributed by atoms with Gasteiger partial charge in [0.1, 0.15) is 0 Å². The quantitative estimate of drug-likeness (QED) is 0.602. The van der Waals surface area contributed by atoms with Gasteiger partial charge in [0, 0.05) is 16.3 Å². The molecule has 4 aliphatic rings. The Labute approximate surface area is 186 Å². The second-order valence-electron chi connectivity index (χ2n) is 10.1. The summed E-state index contributed by atoms with van der Waals surface area (Å²) in [6, 6.07) is 6.33. The molecule has 0 heterocycles. The molecule has 6 nitrogen and oxygen atoms in total. The second-order valence-corrected chi connectivity index (χ2v) is 12.7. The monoisotopic (exact) mass is 496 g/mol. The van der Waals surface area contributed by atoms with Crippen LogP contribution in [-0.2, 0) is 19.6 Å². The van der Waals surface area contributed by atoms with Gasteiger partial charge in [0.2, 0.25) is 15.9 Å². The lowest BCUT2D eigenvalue weighted by molar-refractivity contribution is -0.152. The van der Waals surface area contributed by atoms with Gasteiger partial charge in [-0.1, -0.05) is 15.9 Å². The molecule has 4 bridgehead atoms. The first-order valence-corrected chi connectivity index (χ1v) is 12.8. The molecule has 30 heavy (non-hydrogen) atoms. The molecule has 0 spiro atoms. The maximum Gasteiger partial charge on any atom is 0.241 e. The lowest BCUT2D eigenvalue weighted by Gasteiger charge is -2.59. The SMILES string of the molecule is CC(C)(NS(=O)(=O)c1ccc(Br)cc1)C(=O)CC1C2CC3CC1CC(C(N)=O)(C3)C2. The van der Waals surface area contributed by atoms with Crippen LogP contribution in [0, 0.1) is 29.1 Å². The molecule has 4 fully saturated rings. The Kier molecular flexibility index (Phi) is 5.43. The first-order valence-electron chi connectivity index (χ1n) is 10.5. The summed E-state index contributed by atoms with van der Waals surface area (Å²) in [7, 11) is -3.81. The normalized spacial score (nSPS) is 32.9. The fourth-order valence-electron chi connectivity index (χ4n) is 6.30. The highest BCUT2D eigenvalue weighted by Gasteiger charge is 2.58. The number of benzene rings is 1. The summed E-state index contributed by atoms with van der Waals surface area (Å²) in [6.07, 6.45) is 4.89. The Morgan fingerprint density at radius 3 is 2.23 bits per heavy atom. The van der Waals surface area contributed by atoms with E-state index in [1.165, 1.54) is 12.1 Å². The van der Waals surface area contributed by atoms with Crippen LogP contribution in [0.5, 0.6) is 0 Å². The summed E-state index contributed by atoms with van der Waals surface area (Å²) in [5.74, 6) is 1.10. The molecular weight excluding hydrogens is 468 g/mol. The molecule has 8 heteroatoms. The van der Waals surface area contributed by atoms with E-state index >= 15 is 0 Å². The number of hydrogen-bond acceptors (Lipinski definition) is 4. The van der Waals surface area contributed by atoms with Crippen molar-refractivity contribution >= 4 is 37.6 Å². The highest BCUT2D eigenvalue weighted by molar-refractivity contribution is 9.10. The van der Waals surface area contributed by atoms with Gasteiger partial charge >= 0.3 is 0 Å². The summed E-state index contributed by atoms with van der Waals surface area (Å²) in [6.45, 7) is 3.26. The van der Waals surface area contributed by atoms with Crippen LogP contribution in [0.4, 0.5) is 0 Å². The molecule has 4 aliphatic carbocycles. The van der Waals surface area contributed by atoms with E-state index in [1.807, 2.05) is 0 Å². The lowest BCUT2D eigenvalue weighted by atomic mass is 9.45. The van der Waals surface area contributed by atoms with Gasteiger partial charge in [0.25, 0.3) is 0 Å². The number of rotatable bonds is 7. The molecule has 5 rings (SSSR count). The number of amides is 1. The van der Waals surface area contributed by atoms with Gasteiger partial charge in [0.05, 0.1) is 10.4 Å². The first-order chi connectivity index (χ1) is 13.9. The zero-order chi connectivity index (χ0) is 21.9. The molecule has 0 aliphatic heterocycles. The fraction of sp³-hybridized carbons (Fsp3) is 0.636. The number of nitrogens with two attached hydrogens (primary N) is 1. The predicted octanol–water partition coefficient (Wildman–Crippen LogP) is 3.39. The van der Waals surface area contributed by atoms with Gasteiger partial charge in [-0.25, -0.2) is 8.42 Å². The largest absolute Gasteiger partial charge is 0.369 e. The molecule has 2 atom stereocenters. The zero-order valence-corrected chi connectivity index (χ0v) is 19.8. The number of carbonyl (C=O) groups is 2. The standard InChI is InChI=1S/C22H29BrN2O4S/c1-21(2,25-30(28,29)17-5-3-16(23)4-6-17)19(26)9-18-14-7-13-8-15(18)12-22(10-13,11-14)20(24)27/h3-6,13-15,18,25H,7-12H2,1-2H3,(H2,24,27). The smallest absolute Gasteiger partial charge is 0.241 e. The Hall–Kier alpha value is -1.25. The highest BCUT2D eigenvalue weighted by atomic mass is 79.9. The molecular formula is C22H29BrN2O4S. The number of ketones is 1. The Morgan fingerprint density at radius 1 is 1.13 bits per heavy atom. The summed E-state index contributed by atoms with van der Waals surface area (Å²) >= 11 is 3.30. The van der Waals surface area contributed by atoms with Crippen molar-refractivity contribution < 1.29 is 18.0 Å². The molecule has 0 radical (unpaired) electrons. The topological polar surface area (TPSA) is 106 Å². The Morgan fingerprint density at radius 2 is 1.70 bits per heavy atom. The Bertz CT molecular complexity index is 957. The van der Waals surface area contributed by atoms with E-state index in [9.17, 15) is 18.0 Å². The molecule has 164 valence electrons. The van der Waals surface area contributed by atoms with E-state index in [-0.39, 0.29) is 27.9 Å². The maximum absolute atomic E-state index is 13.2. The predicted molar refractivity (Wildman–Crippen MR) is 117 cm³/mol. The minimum Gasteiger partial charge on any atom is -0.369 e. The lowest BCUT2D eigenvalue weighted by Crippen LogP contribution is -2.57. The molecule has 0 aromatic heterocycles. The number of halogens is 1. The van der Waals surface area contributed by atoms with Crippen LogP contribution in [0.2, 0.25) is 0 Å². The van der Waals surface area contributed by atoms with E-state index in [0.29, 0.717) is 24.2 Å². The average Bonchev–Trinajstić information content (AvgIpc) is 2.63. The van der Waals surface area contributed by atoms with Crippen LogP contribution in [0.3, 0.4) is 0 Å². The average molecular weight is 497 g/mol. The van der Waals surface area contributed by atoms with Crippen molar-refractivity contribution in [3.63, 3.8) is 0 Å². The minimum atomic E-state index is -3.81. The van der Waals surface area contributed by atoms with Crippen molar-refractivity contribution in [3.8, 4) is 0 Å². The third-order valence-corrected chi connectivity index (χ3v) is 9.82.